The van der Waals surface area contributed by atoms with Crippen molar-refractivity contribution < 1.29 is 14.2 Å². The van der Waals surface area contributed by atoms with Crippen LogP contribution in [0.2, 0.25) is 0 Å². The first kappa shape index (κ1) is 14.5. The molecule has 2 saturated carbocycles. The van der Waals surface area contributed by atoms with E-state index in [0.717, 1.165) is 29.6 Å². The predicted molar refractivity (Wildman–Crippen MR) is 95.0 cm³/mol. The highest BCUT2D eigenvalue weighted by molar-refractivity contribution is 5.64. The van der Waals surface area contributed by atoms with Gasteiger partial charge in [-0.05, 0) is 81.4 Å². The largest absolute Gasteiger partial charge is 0.493 e. The molecule has 1 heterocycles. The summed E-state index contributed by atoms with van der Waals surface area (Å²) >= 11 is 0. The van der Waals surface area contributed by atoms with Crippen LogP contribution < -0.4 is 9.47 Å². The molecule has 25 heavy (non-hydrogen) atoms. The van der Waals surface area contributed by atoms with Crippen LogP contribution in [0.5, 0.6) is 11.5 Å². The van der Waals surface area contributed by atoms with Crippen LogP contribution in [0, 0.1) is 17.3 Å². The summed E-state index contributed by atoms with van der Waals surface area (Å²) in [7, 11) is 1.75. The molecule has 1 aliphatic heterocycles. The van der Waals surface area contributed by atoms with E-state index in [1.54, 1.807) is 7.11 Å². The fourth-order valence-corrected chi connectivity index (χ4v) is 6.81. The highest BCUT2D eigenvalue weighted by Crippen LogP contribution is 2.81. The van der Waals surface area contributed by atoms with Crippen molar-refractivity contribution in [3.63, 3.8) is 0 Å². The van der Waals surface area contributed by atoms with Crippen molar-refractivity contribution in [2.75, 3.05) is 7.11 Å². The first-order valence-electron chi connectivity index (χ1n) is 9.64. The Bertz CT molecular complexity index is 832. The zero-order chi connectivity index (χ0) is 17.2. The molecule has 2 fully saturated rings. The number of benzene rings is 1. The maximum absolute atomic E-state index is 6.65. The monoisotopic (exact) mass is 338 g/mol. The van der Waals surface area contributed by atoms with Gasteiger partial charge >= 0.3 is 0 Å². The molecule has 3 heteroatoms. The Kier molecular flexibility index (Phi) is 2.34. The quantitative estimate of drug-likeness (QED) is 0.801. The number of hydrogen-bond acceptors (Lipinski definition) is 3. The van der Waals surface area contributed by atoms with Crippen molar-refractivity contribution in [3.8, 4) is 11.5 Å². The Morgan fingerprint density at radius 2 is 2.04 bits per heavy atom. The molecule has 0 radical (unpaired) electrons. The van der Waals surface area contributed by atoms with Crippen LogP contribution in [0.3, 0.4) is 0 Å². The number of hydrogen-bond donors (Lipinski definition) is 0. The van der Waals surface area contributed by atoms with Crippen LogP contribution in [-0.2, 0) is 16.6 Å². The molecule has 4 aliphatic carbocycles. The van der Waals surface area contributed by atoms with Gasteiger partial charge in [-0.15, -0.1) is 0 Å². The fraction of sp³-hybridized carbons (Fsp3) is 0.636. The summed E-state index contributed by atoms with van der Waals surface area (Å²) in [5.74, 6) is 4.51. The second-order valence-corrected chi connectivity index (χ2v) is 9.86. The van der Waals surface area contributed by atoms with Gasteiger partial charge in [-0.25, -0.2) is 0 Å². The zero-order valence-electron chi connectivity index (χ0n) is 15.5. The molecule has 0 saturated heterocycles. The van der Waals surface area contributed by atoms with Crippen molar-refractivity contribution in [1.82, 2.24) is 0 Å². The molecular weight excluding hydrogens is 312 g/mol. The van der Waals surface area contributed by atoms with Crippen molar-refractivity contribution in [2.24, 2.45) is 17.3 Å². The Balaban J connectivity index is 1.57. The van der Waals surface area contributed by atoms with E-state index in [2.05, 4.69) is 39.0 Å². The maximum Gasteiger partial charge on any atom is 0.166 e. The lowest BCUT2D eigenvalue weighted by Crippen LogP contribution is -2.49. The van der Waals surface area contributed by atoms with Crippen LogP contribution in [0.4, 0.5) is 0 Å². The Morgan fingerprint density at radius 3 is 2.80 bits per heavy atom. The van der Waals surface area contributed by atoms with Gasteiger partial charge in [-0.1, -0.05) is 6.07 Å². The summed E-state index contributed by atoms with van der Waals surface area (Å²) in [5.41, 5.74) is 3.43. The summed E-state index contributed by atoms with van der Waals surface area (Å²) < 4.78 is 18.7. The fourth-order valence-electron chi connectivity index (χ4n) is 6.81. The lowest BCUT2D eigenvalue weighted by Gasteiger charge is -2.45. The van der Waals surface area contributed by atoms with Crippen LogP contribution in [0.25, 0.3) is 0 Å². The van der Waals surface area contributed by atoms with Gasteiger partial charge in [0.15, 0.2) is 17.6 Å². The summed E-state index contributed by atoms with van der Waals surface area (Å²) in [6.07, 6.45) is 7.41. The van der Waals surface area contributed by atoms with Gasteiger partial charge in [0, 0.05) is 11.0 Å². The average molecular weight is 338 g/mol. The van der Waals surface area contributed by atoms with E-state index in [0.29, 0.717) is 11.3 Å². The van der Waals surface area contributed by atoms with E-state index in [4.69, 9.17) is 14.2 Å². The van der Waals surface area contributed by atoms with Crippen molar-refractivity contribution >= 4 is 0 Å². The Labute approximate surface area is 149 Å². The van der Waals surface area contributed by atoms with E-state index >= 15 is 0 Å². The molecule has 0 N–H and O–H groups in total. The standard InChI is InChI=1S/C22H26O3/c1-20(2,3)25-16-8-6-13-14-10-21(14)9-12-5-7-15(23-4)18-17(12)22(13,11-21)19(16)24-18/h5,7-8,13-14,19H,6,9-11H2,1-4H3/t13-,14-,19-,21?,22-/m0/s1. The number of ether oxygens (including phenoxy) is 3. The number of rotatable bonds is 2. The smallest absolute Gasteiger partial charge is 0.166 e. The minimum atomic E-state index is -0.200. The van der Waals surface area contributed by atoms with Gasteiger partial charge in [0.1, 0.15) is 11.4 Å². The topological polar surface area (TPSA) is 27.7 Å². The summed E-state index contributed by atoms with van der Waals surface area (Å²) in [6.45, 7) is 6.38. The summed E-state index contributed by atoms with van der Waals surface area (Å²) in [5, 5.41) is 0. The molecular formula is C22H26O3. The van der Waals surface area contributed by atoms with Gasteiger partial charge in [0.05, 0.1) is 7.11 Å². The number of fused-ring (bicyclic) bond motifs is 1. The molecule has 0 amide bonds. The lowest BCUT2D eigenvalue weighted by atomic mass is 9.59. The second-order valence-electron chi connectivity index (χ2n) is 9.86. The molecule has 3 nitrogen and oxygen atoms in total. The minimum absolute atomic E-state index is 0.0282. The van der Waals surface area contributed by atoms with E-state index in [9.17, 15) is 0 Å². The third-order valence-electron chi connectivity index (χ3n) is 7.44. The van der Waals surface area contributed by atoms with Gasteiger partial charge in [-0.2, -0.15) is 0 Å². The lowest BCUT2D eigenvalue weighted by molar-refractivity contribution is -0.0163. The minimum Gasteiger partial charge on any atom is -0.493 e. The van der Waals surface area contributed by atoms with Crippen molar-refractivity contribution in [2.45, 2.75) is 63.6 Å². The third-order valence-corrected chi connectivity index (χ3v) is 7.44. The van der Waals surface area contributed by atoms with E-state index in [1.807, 2.05) is 0 Å². The third kappa shape index (κ3) is 1.55. The van der Waals surface area contributed by atoms with Crippen LogP contribution in [0.1, 0.15) is 51.2 Å². The van der Waals surface area contributed by atoms with E-state index < -0.39 is 0 Å². The summed E-state index contributed by atoms with van der Waals surface area (Å²) in [4.78, 5) is 0. The van der Waals surface area contributed by atoms with Gasteiger partial charge < -0.3 is 14.2 Å². The Morgan fingerprint density at radius 1 is 1.20 bits per heavy atom. The average Bonchev–Trinajstić information content (AvgIpc) is 2.99. The molecule has 132 valence electrons. The highest BCUT2D eigenvalue weighted by Gasteiger charge is 2.78. The van der Waals surface area contributed by atoms with E-state index in [-0.39, 0.29) is 17.1 Å². The predicted octanol–water partition coefficient (Wildman–Crippen LogP) is 4.38. The highest BCUT2D eigenvalue weighted by atomic mass is 16.6. The van der Waals surface area contributed by atoms with Crippen LogP contribution in [0.15, 0.2) is 24.0 Å². The number of methoxy groups -OCH3 is 1. The molecule has 2 spiro atoms. The molecule has 1 aromatic carbocycles. The maximum atomic E-state index is 6.65. The molecule has 5 atom stereocenters. The molecule has 6 rings (SSSR count). The SMILES string of the molecule is COc1ccc2c3c1O[C@H]1C(OC(C)(C)C)=CC[C@H]4[C@@H]5CC5(C2)C[C@]314. The molecule has 0 aromatic heterocycles. The van der Waals surface area contributed by atoms with Crippen LogP contribution >= 0.6 is 0 Å². The van der Waals surface area contributed by atoms with Crippen LogP contribution in [-0.4, -0.2) is 18.8 Å². The first-order chi connectivity index (χ1) is 11.9. The van der Waals surface area contributed by atoms with Crippen molar-refractivity contribution in [1.29, 1.82) is 0 Å². The second kappa shape index (κ2) is 4.02. The summed E-state index contributed by atoms with van der Waals surface area (Å²) in [6, 6.07) is 4.40. The molecule has 1 aromatic rings. The van der Waals surface area contributed by atoms with Crippen molar-refractivity contribution in [3.05, 3.63) is 35.1 Å². The number of allylic oxidation sites excluding steroid dienone is 1. The van der Waals surface area contributed by atoms with Gasteiger partial charge in [0.2, 0.25) is 0 Å². The van der Waals surface area contributed by atoms with Gasteiger partial charge in [-0.3, -0.25) is 0 Å². The molecule has 5 aliphatic rings. The van der Waals surface area contributed by atoms with Gasteiger partial charge in [0.25, 0.3) is 0 Å². The van der Waals surface area contributed by atoms with E-state index in [1.165, 1.54) is 30.4 Å². The normalized spacial score (nSPS) is 41.4. The Hall–Kier alpha value is -1.64. The zero-order valence-corrected chi connectivity index (χ0v) is 15.5. The molecule has 2 bridgehead atoms. The first-order valence-corrected chi connectivity index (χ1v) is 9.64. The molecule has 1 unspecified atom stereocenters.